The topological polar surface area (TPSA) is 66.5 Å². The fraction of sp³-hybridized carbons (Fsp3) is 0.429. The van der Waals surface area contributed by atoms with Gasteiger partial charge in [-0.1, -0.05) is 32.0 Å². The lowest BCUT2D eigenvalue weighted by Crippen LogP contribution is -2.41. The largest absolute Gasteiger partial charge is 0.379 e. The highest BCUT2D eigenvalue weighted by Crippen LogP contribution is 2.26. The van der Waals surface area contributed by atoms with Gasteiger partial charge in [-0.2, -0.15) is 0 Å². The van der Waals surface area contributed by atoms with Crippen molar-refractivity contribution in [3.63, 3.8) is 0 Å². The molecule has 1 aromatic heterocycles. The number of anilines is 2. The van der Waals surface area contributed by atoms with Gasteiger partial charge in [0.1, 0.15) is 5.82 Å². The zero-order valence-electron chi connectivity index (χ0n) is 16.1. The number of para-hydroxylation sites is 1. The zero-order chi connectivity index (χ0) is 19.1. The highest BCUT2D eigenvalue weighted by molar-refractivity contribution is 5.94. The van der Waals surface area contributed by atoms with E-state index in [4.69, 9.17) is 4.74 Å². The van der Waals surface area contributed by atoms with E-state index in [0.717, 1.165) is 38.5 Å². The van der Waals surface area contributed by atoms with E-state index in [1.165, 1.54) is 5.56 Å². The molecule has 1 aromatic carbocycles. The molecule has 1 aliphatic heterocycles. The molecule has 6 heteroatoms. The van der Waals surface area contributed by atoms with E-state index in [0.29, 0.717) is 23.8 Å². The summed E-state index contributed by atoms with van der Waals surface area (Å²) in [5.41, 5.74) is 2.85. The van der Waals surface area contributed by atoms with Crippen molar-refractivity contribution < 1.29 is 9.53 Å². The average molecular weight is 368 g/mol. The smallest absolute Gasteiger partial charge is 0.251 e. The Balaban J connectivity index is 1.59. The molecule has 0 saturated carbocycles. The molecule has 2 aromatic rings. The third-order valence-corrected chi connectivity index (χ3v) is 4.68. The number of hydrogen-bond acceptors (Lipinski definition) is 5. The molecule has 2 heterocycles. The van der Waals surface area contributed by atoms with Crippen molar-refractivity contribution in [2.24, 2.45) is 0 Å². The van der Waals surface area contributed by atoms with Crippen LogP contribution < -0.4 is 10.6 Å². The second-order valence-corrected chi connectivity index (χ2v) is 7.01. The number of carbonyl (C=O) groups excluding carboxylic acids is 1. The molecule has 0 aliphatic carbocycles. The predicted octanol–water partition coefficient (Wildman–Crippen LogP) is 3.01. The van der Waals surface area contributed by atoms with Gasteiger partial charge in [-0.25, -0.2) is 4.98 Å². The van der Waals surface area contributed by atoms with Crippen molar-refractivity contribution in [2.75, 3.05) is 44.7 Å². The zero-order valence-corrected chi connectivity index (χ0v) is 16.1. The quantitative estimate of drug-likeness (QED) is 0.786. The molecule has 6 nitrogen and oxygen atoms in total. The van der Waals surface area contributed by atoms with Crippen LogP contribution in [0.2, 0.25) is 0 Å². The summed E-state index contributed by atoms with van der Waals surface area (Å²) in [7, 11) is 0. The molecule has 27 heavy (non-hydrogen) atoms. The van der Waals surface area contributed by atoms with E-state index in [2.05, 4.69) is 40.4 Å². The Bertz CT molecular complexity index is 757. The molecule has 1 fully saturated rings. The number of morpholine rings is 1. The maximum absolute atomic E-state index is 12.5. The summed E-state index contributed by atoms with van der Waals surface area (Å²) < 4.78 is 5.34. The van der Waals surface area contributed by atoms with Crippen molar-refractivity contribution in [3.8, 4) is 0 Å². The van der Waals surface area contributed by atoms with Crippen molar-refractivity contribution in [3.05, 3.63) is 53.7 Å². The summed E-state index contributed by atoms with van der Waals surface area (Å²) in [5, 5.41) is 6.33. The molecule has 0 radical (unpaired) electrons. The van der Waals surface area contributed by atoms with Crippen LogP contribution in [0.25, 0.3) is 0 Å². The van der Waals surface area contributed by atoms with Crippen molar-refractivity contribution >= 4 is 17.4 Å². The SMILES string of the molecule is CC(C)c1ccccc1Nc1cc(C(=O)NCCN2CCOCC2)ccn1. The molecule has 1 amide bonds. The van der Waals surface area contributed by atoms with Gasteiger partial charge in [0.25, 0.3) is 5.91 Å². The molecule has 3 rings (SSSR count). The second-order valence-electron chi connectivity index (χ2n) is 7.01. The summed E-state index contributed by atoms with van der Waals surface area (Å²) in [4.78, 5) is 19.1. The Kier molecular flexibility index (Phi) is 6.79. The molecule has 144 valence electrons. The maximum Gasteiger partial charge on any atom is 0.251 e. The van der Waals surface area contributed by atoms with E-state index in [1.807, 2.05) is 18.2 Å². The van der Waals surface area contributed by atoms with Crippen molar-refractivity contribution in [1.82, 2.24) is 15.2 Å². The minimum absolute atomic E-state index is 0.0779. The standard InChI is InChI=1S/C21H28N4O2/c1-16(2)18-5-3-4-6-19(18)24-20-15-17(7-8-22-20)21(26)23-9-10-25-11-13-27-14-12-25/h3-8,15-16H,9-14H2,1-2H3,(H,22,24)(H,23,26). The number of pyridine rings is 1. The van der Waals surface area contributed by atoms with Crippen LogP contribution in [0.3, 0.4) is 0 Å². The van der Waals surface area contributed by atoms with E-state index >= 15 is 0 Å². The number of ether oxygens (including phenoxy) is 1. The van der Waals surface area contributed by atoms with E-state index < -0.39 is 0 Å². The lowest BCUT2D eigenvalue weighted by Gasteiger charge is -2.26. The van der Waals surface area contributed by atoms with Gasteiger partial charge in [0.2, 0.25) is 0 Å². The van der Waals surface area contributed by atoms with Crippen LogP contribution in [0.5, 0.6) is 0 Å². The number of nitrogens with one attached hydrogen (secondary N) is 2. The summed E-state index contributed by atoms with van der Waals surface area (Å²) in [6.07, 6.45) is 1.66. The monoisotopic (exact) mass is 368 g/mol. The van der Waals surface area contributed by atoms with E-state index in [1.54, 1.807) is 18.3 Å². The van der Waals surface area contributed by atoms with Crippen LogP contribution >= 0.6 is 0 Å². The number of aromatic nitrogens is 1. The number of amides is 1. The summed E-state index contributed by atoms with van der Waals surface area (Å²) in [5.74, 6) is 0.996. The average Bonchev–Trinajstić information content (AvgIpc) is 2.69. The first kappa shape index (κ1) is 19.3. The van der Waals surface area contributed by atoms with E-state index in [9.17, 15) is 4.79 Å². The first-order chi connectivity index (χ1) is 13.1. The fourth-order valence-corrected chi connectivity index (χ4v) is 3.15. The number of benzene rings is 1. The molecule has 0 bridgehead atoms. The van der Waals surface area contributed by atoms with Gasteiger partial charge in [0.15, 0.2) is 0 Å². The Hall–Kier alpha value is -2.44. The van der Waals surface area contributed by atoms with Crippen LogP contribution in [0.4, 0.5) is 11.5 Å². The van der Waals surface area contributed by atoms with E-state index in [-0.39, 0.29) is 5.91 Å². The van der Waals surface area contributed by atoms with Gasteiger partial charge in [0.05, 0.1) is 13.2 Å². The first-order valence-electron chi connectivity index (χ1n) is 9.54. The lowest BCUT2D eigenvalue weighted by atomic mass is 10.0. The first-order valence-corrected chi connectivity index (χ1v) is 9.54. The molecule has 0 spiro atoms. The minimum atomic E-state index is -0.0779. The van der Waals surface area contributed by atoms with Crippen LogP contribution in [0, 0.1) is 0 Å². The molecule has 1 saturated heterocycles. The maximum atomic E-state index is 12.5. The number of carbonyl (C=O) groups is 1. The van der Waals surface area contributed by atoms with Gasteiger partial charge in [-0.05, 0) is 29.7 Å². The van der Waals surface area contributed by atoms with Gasteiger partial charge < -0.3 is 15.4 Å². The molecular weight excluding hydrogens is 340 g/mol. The Morgan fingerprint density at radius 3 is 2.78 bits per heavy atom. The molecule has 2 N–H and O–H groups in total. The lowest BCUT2D eigenvalue weighted by molar-refractivity contribution is 0.0383. The summed E-state index contributed by atoms with van der Waals surface area (Å²) in [6.45, 7) is 9.17. The number of hydrogen-bond donors (Lipinski definition) is 2. The van der Waals surface area contributed by atoms with Crippen LogP contribution in [0.1, 0.15) is 35.7 Å². The minimum Gasteiger partial charge on any atom is -0.379 e. The van der Waals surface area contributed by atoms with Gasteiger partial charge in [-0.15, -0.1) is 0 Å². The number of nitrogens with zero attached hydrogens (tertiary/aromatic N) is 2. The van der Waals surface area contributed by atoms with Crippen molar-refractivity contribution in [2.45, 2.75) is 19.8 Å². The van der Waals surface area contributed by atoms with Crippen LogP contribution in [-0.4, -0.2) is 55.2 Å². The Labute approximate surface area is 160 Å². The summed E-state index contributed by atoms with van der Waals surface area (Å²) >= 11 is 0. The third-order valence-electron chi connectivity index (χ3n) is 4.68. The van der Waals surface area contributed by atoms with Gasteiger partial charge in [0, 0.05) is 43.6 Å². The highest BCUT2D eigenvalue weighted by Gasteiger charge is 2.12. The van der Waals surface area contributed by atoms with Crippen molar-refractivity contribution in [1.29, 1.82) is 0 Å². The fourth-order valence-electron chi connectivity index (χ4n) is 3.15. The molecule has 1 aliphatic rings. The van der Waals surface area contributed by atoms with Crippen LogP contribution in [-0.2, 0) is 4.74 Å². The van der Waals surface area contributed by atoms with Crippen LogP contribution in [0.15, 0.2) is 42.6 Å². The Morgan fingerprint density at radius 1 is 1.22 bits per heavy atom. The Morgan fingerprint density at radius 2 is 2.00 bits per heavy atom. The number of rotatable bonds is 7. The molecule has 0 unspecified atom stereocenters. The third kappa shape index (κ3) is 5.52. The highest BCUT2D eigenvalue weighted by atomic mass is 16.5. The second kappa shape index (κ2) is 9.48. The molecule has 0 atom stereocenters. The molecular formula is C21H28N4O2. The predicted molar refractivity (Wildman–Crippen MR) is 108 cm³/mol. The van der Waals surface area contributed by atoms with Gasteiger partial charge in [-0.3, -0.25) is 9.69 Å². The van der Waals surface area contributed by atoms with Gasteiger partial charge >= 0.3 is 0 Å². The summed E-state index contributed by atoms with van der Waals surface area (Å²) in [6, 6.07) is 11.7. The normalized spacial score (nSPS) is 14.9.